The van der Waals surface area contributed by atoms with Crippen molar-refractivity contribution in [1.82, 2.24) is 5.48 Å². The van der Waals surface area contributed by atoms with Crippen molar-refractivity contribution in [3.63, 3.8) is 0 Å². The zero-order chi connectivity index (χ0) is 10.9. The third-order valence-corrected chi connectivity index (χ3v) is 5.24. The van der Waals surface area contributed by atoms with E-state index in [1.807, 2.05) is 0 Å². The van der Waals surface area contributed by atoms with E-state index in [-0.39, 0.29) is 6.08 Å². The van der Waals surface area contributed by atoms with Crippen LogP contribution in [0.4, 0.5) is 0 Å². The van der Waals surface area contributed by atoms with Gasteiger partial charge >= 0.3 is 15.2 Å². The highest BCUT2D eigenvalue weighted by molar-refractivity contribution is 7.72. The van der Waals surface area contributed by atoms with Gasteiger partial charge in [0.2, 0.25) is 0 Å². The third kappa shape index (κ3) is 2.07. The predicted molar refractivity (Wildman–Crippen MR) is 41.9 cm³/mol. The number of hydroxylamine groups is 1. The number of nitrogens with one attached hydrogen (secondary N) is 1. The molecule has 8 nitrogen and oxygen atoms in total. The minimum Gasteiger partial charge on any atom is -0.322 e. The first-order valence-corrected chi connectivity index (χ1v) is 6.01. The first kappa shape index (κ1) is 13.0. The summed E-state index contributed by atoms with van der Waals surface area (Å²) in [6, 6.07) is 0. The summed E-state index contributed by atoms with van der Waals surface area (Å²) in [5.74, 6) is 0. The topological polar surface area (TPSA) is 147 Å². The summed E-state index contributed by atoms with van der Waals surface area (Å²) in [5, 5.41) is 5.20. The lowest BCUT2D eigenvalue weighted by molar-refractivity contribution is 0.128. The molecular weight excluding hydrogens is 224 g/mol. The van der Waals surface area contributed by atoms with Gasteiger partial charge in [0.15, 0.2) is 0 Å². The highest BCUT2D eigenvalue weighted by Crippen LogP contribution is 2.67. The molecule has 0 aromatic carbocycles. The molecule has 0 aliphatic carbocycles. The van der Waals surface area contributed by atoms with Crippen molar-refractivity contribution in [3.05, 3.63) is 12.7 Å². The van der Waals surface area contributed by atoms with Gasteiger partial charge in [-0.1, -0.05) is 6.58 Å². The molecule has 0 aliphatic rings. The molecule has 6 N–H and O–H groups in total. The average molecular weight is 233 g/mol. The van der Waals surface area contributed by atoms with E-state index in [1.165, 1.54) is 0 Å². The number of hydrogen-bond acceptors (Lipinski definition) is 4. The summed E-state index contributed by atoms with van der Waals surface area (Å²) >= 11 is 0. The standard InChI is InChI=1S/C3H9NO7P2/c1-2-3(4-5,12(6,7)8)13(9,10)11/h2,4-5H,1H2,(H2,6,7,8)(H2,9,10,11). The Hall–Kier alpha value is -0.0400. The van der Waals surface area contributed by atoms with Crippen LogP contribution in [0.5, 0.6) is 0 Å². The summed E-state index contributed by atoms with van der Waals surface area (Å²) in [4.78, 5) is 34.4. The van der Waals surface area contributed by atoms with Gasteiger partial charge in [0.05, 0.1) is 0 Å². The molecule has 0 aliphatic heterocycles. The molecule has 0 atom stereocenters. The van der Waals surface area contributed by atoms with E-state index in [9.17, 15) is 9.13 Å². The summed E-state index contributed by atoms with van der Waals surface area (Å²) in [6.07, 6.45) is 0.272. The normalized spacial score (nSPS) is 14.2. The zero-order valence-corrected chi connectivity index (χ0v) is 8.02. The van der Waals surface area contributed by atoms with Gasteiger partial charge in [-0.25, -0.2) is 0 Å². The van der Waals surface area contributed by atoms with Gasteiger partial charge in [0, 0.05) is 0 Å². The maximum absolute atomic E-state index is 10.7. The minimum absolute atomic E-state index is 0.272. The van der Waals surface area contributed by atoms with Gasteiger partial charge in [0.25, 0.3) is 5.02 Å². The molecule has 0 aromatic heterocycles. The van der Waals surface area contributed by atoms with Gasteiger partial charge in [-0.3, -0.25) is 9.13 Å². The Morgan fingerprint density at radius 3 is 1.46 bits per heavy atom. The third-order valence-electron chi connectivity index (χ3n) is 1.34. The highest BCUT2D eigenvalue weighted by Gasteiger charge is 2.58. The number of hydrogen-bond donors (Lipinski definition) is 6. The summed E-state index contributed by atoms with van der Waals surface area (Å²) in [7, 11) is -10.5. The molecule has 78 valence electrons. The molecule has 0 heterocycles. The van der Waals surface area contributed by atoms with E-state index in [0.29, 0.717) is 0 Å². The fourth-order valence-corrected chi connectivity index (χ4v) is 2.68. The van der Waals surface area contributed by atoms with Gasteiger partial charge in [-0.2, -0.15) is 5.48 Å². The van der Waals surface area contributed by atoms with Crippen LogP contribution >= 0.6 is 15.2 Å². The van der Waals surface area contributed by atoms with Crippen molar-refractivity contribution < 1.29 is 33.9 Å². The van der Waals surface area contributed by atoms with E-state index in [2.05, 4.69) is 6.58 Å². The van der Waals surface area contributed by atoms with Gasteiger partial charge < -0.3 is 24.8 Å². The first-order valence-electron chi connectivity index (χ1n) is 2.78. The second kappa shape index (κ2) is 3.61. The van der Waals surface area contributed by atoms with E-state index >= 15 is 0 Å². The molecule has 0 rings (SSSR count). The summed E-state index contributed by atoms with van der Waals surface area (Å²) in [6.45, 7) is 2.83. The maximum atomic E-state index is 10.7. The quantitative estimate of drug-likeness (QED) is 0.209. The number of rotatable bonds is 4. The Morgan fingerprint density at radius 2 is 1.46 bits per heavy atom. The van der Waals surface area contributed by atoms with E-state index in [0.717, 1.165) is 5.48 Å². The van der Waals surface area contributed by atoms with Crippen LogP contribution in [0.25, 0.3) is 0 Å². The second-order valence-electron chi connectivity index (χ2n) is 2.13. The van der Waals surface area contributed by atoms with E-state index < -0.39 is 20.2 Å². The fraction of sp³-hybridized carbons (Fsp3) is 0.333. The Balaban J connectivity index is 5.59. The monoisotopic (exact) mass is 233 g/mol. The van der Waals surface area contributed by atoms with Crippen LogP contribution in [-0.2, 0) is 9.13 Å². The van der Waals surface area contributed by atoms with Crippen LogP contribution in [0.15, 0.2) is 12.7 Å². The van der Waals surface area contributed by atoms with Gasteiger partial charge in [-0.05, 0) is 6.08 Å². The van der Waals surface area contributed by atoms with Crippen molar-refractivity contribution in [1.29, 1.82) is 0 Å². The van der Waals surface area contributed by atoms with Crippen LogP contribution < -0.4 is 5.48 Å². The molecule has 0 amide bonds. The lowest BCUT2D eigenvalue weighted by Crippen LogP contribution is -2.40. The van der Waals surface area contributed by atoms with Crippen molar-refractivity contribution in [2.75, 3.05) is 0 Å². The molecule has 0 unspecified atom stereocenters. The van der Waals surface area contributed by atoms with Crippen LogP contribution in [0.3, 0.4) is 0 Å². The predicted octanol–water partition coefficient (Wildman–Crippen LogP) is -0.840. The van der Waals surface area contributed by atoms with Crippen LogP contribution in [0.1, 0.15) is 0 Å². The highest BCUT2D eigenvalue weighted by atomic mass is 31.2. The molecule has 10 heteroatoms. The maximum Gasteiger partial charge on any atom is 0.364 e. The fourth-order valence-electron chi connectivity index (χ4n) is 0.583. The molecular formula is C3H9NO7P2. The first-order chi connectivity index (χ1) is 5.62. The molecule has 0 bridgehead atoms. The van der Waals surface area contributed by atoms with Crippen molar-refractivity contribution >= 4 is 15.2 Å². The Morgan fingerprint density at radius 1 is 1.15 bits per heavy atom. The van der Waals surface area contributed by atoms with E-state index in [4.69, 9.17) is 24.8 Å². The Bertz CT molecular complexity index is 266. The molecule has 0 radical (unpaired) electrons. The molecule has 13 heavy (non-hydrogen) atoms. The van der Waals surface area contributed by atoms with E-state index in [1.54, 1.807) is 0 Å². The lowest BCUT2D eigenvalue weighted by Gasteiger charge is -2.29. The van der Waals surface area contributed by atoms with Crippen LogP contribution in [0.2, 0.25) is 0 Å². The molecule has 0 fully saturated rings. The largest absolute Gasteiger partial charge is 0.364 e. The van der Waals surface area contributed by atoms with Gasteiger partial charge in [0.1, 0.15) is 0 Å². The smallest absolute Gasteiger partial charge is 0.322 e. The van der Waals surface area contributed by atoms with Crippen LogP contribution in [0, 0.1) is 0 Å². The average Bonchev–Trinajstić information content (AvgIpc) is 1.84. The molecule has 0 saturated heterocycles. The zero-order valence-electron chi connectivity index (χ0n) is 6.23. The van der Waals surface area contributed by atoms with Crippen molar-refractivity contribution in [3.8, 4) is 0 Å². The molecule has 0 spiro atoms. The second-order valence-corrected chi connectivity index (χ2v) is 6.07. The van der Waals surface area contributed by atoms with Crippen LogP contribution in [-0.4, -0.2) is 29.8 Å². The Kier molecular flexibility index (Phi) is 3.59. The lowest BCUT2D eigenvalue weighted by atomic mass is 10.6. The van der Waals surface area contributed by atoms with Crippen molar-refractivity contribution in [2.45, 2.75) is 5.02 Å². The summed E-state index contributed by atoms with van der Waals surface area (Å²) < 4.78 is 21.3. The minimum atomic E-state index is -5.27. The molecule has 0 aromatic rings. The summed E-state index contributed by atoms with van der Waals surface area (Å²) in [5.41, 5.74) is 0.901. The molecule has 0 saturated carbocycles. The SMILES string of the molecule is C=CC(NO)(P(=O)(O)O)P(=O)(O)O. The Labute approximate surface area is 73.2 Å². The van der Waals surface area contributed by atoms with Gasteiger partial charge in [-0.15, -0.1) is 0 Å². The van der Waals surface area contributed by atoms with Crippen molar-refractivity contribution in [2.24, 2.45) is 0 Å².